The van der Waals surface area contributed by atoms with Crippen LogP contribution in [-0.4, -0.2) is 55.8 Å². The van der Waals surface area contributed by atoms with E-state index in [1.165, 1.54) is 23.1 Å². The molecule has 2 aliphatic rings. The Morgan fingerprint density at radius 3 is 2.77 bits per heavy atom. The average molecular weight is 469 g/mol. The molecule has 0 bridgehead atoms. The van der Waals surface area contributed by atoms with Crippen LogP contribution in [0.15, 0.2) is 28.8 Å². The molecule has 1 saturated heterocycles. The second-order valence-electron chi connectivity index (χ2n) is 7.04. The Hall–Kier alpha value is -1.78. The molecule has 0 spiro atoms. The van der Waals surface area contributed by atoms with Gasteiger partial charge >= 0.3 is 5.97 Å². The molecule has 2 N–H and O–H groups in total. The molecule has 1 unspecified atom stereocenters. The third-order valence-corrected chi connectivity index (χ3v) is 8.04. The van der Waals surface area contributed by atoms with E-state index in [1.807, 2.05) is 17.5 Å². The number of fused-ring (bicyclic) bond motifs is 1. The lowest BCUT2D eigenvalue weighted by atomic mass is 10.0. The molecule has 3 heterocycles. The topological polar surface area (TPSA) is 104 Å². The second kappa shape index (κ2) is 10.5. The number of rotatable bonds is 10. The van der Waals surface area contributed by atoms with Crippen LogP contribution >= 0.6 is 34.9 Å². The number of amides is 2. The first kappa shape index (κ1) is 22.9. The van der Waals surface area contributed by atoms with Gasteiger partial charge < -0.3 is 10.4 Å². The largest absolute Gasteiger partial charge is 0.477 e. The number of unbranched alkanes of at least 4 members (excludes halogenated alkanes) is 3. The van der Waals surface area contributed by atoms with Gasteiger partial charge in [-0.2, -0.15) is 0 Å². The number of aliphatic carboxylic acids is 1. The Bertz CT molecular complexity index is 853. The van der Waals surface area contributed by atoms with Crippen LogP contribution in [0.4, 0.5) is 0 Å². The predicted molar refractivity (Wildman–Crippen MR) is 119 cm³/mol. The summed E-state index contributed by atoms with van der Waals surface area (Å²) in [5, 5.41) is 13.5. The van der Waals surface area contributed by atoms with E-state index in [2.05, 4.69) is 12.2 Å². The fourth-order valence-electron chi connectivity index (χ4n) is 3.35. The van der Waals surface area contributed by atoms with Gasteiger partial charge in [-0.05, 0) is 17.9 Å². The first-order valence-corrected chi connectivity index (χ1v) is 12.8. The smallest absolute Gasteiger partial charge is 0.353 e. The highest BCUT2D eigenvalue weighted by molar-refractivity contribution is 8.14. The number of hydrogen-bond donors (Lipinski definition) is 2. The highest BCUT2D eigenvalue weighted by Crippen LogP contribution is 2.41. The molecule has 162 valence electrons. The Morgan fingerprint density at radius 2 is 2.10 bits per heavy atom. The predicted octanol–water partition coefficient (Wildman–Crippen LogP) is 2.87. The molecule has 1 aromatic rings. The van der Waals surface area contributed by atoms with E-state index in [9.17, 15) is 24.3 Å². The van der Waals surface area contributed by atoms with Crippen LogP contribution < -0.4 is 5.32 Å². The van der Waals surface area contributed by atoms with E-state index >= 15 is 0 Å². The number of carbonyl (C=O) groups excluding carboxylic acids is 3. The zero-order chi connectivity index (χ0) is 21.7. The Kier molecular flexibility index (Phi) is 8.01. The molecule has 1 fully saturated rings. The van der Waals surface area contributed by atoms with Crippen LogP contribution in [-0.2, 0) is 25.6 Å². The van der Waals surface area contributed by atoms with Crippen molar-refractivity contribution in [2.75, 3.05) is 11.5 Å². The SMILES string of the molecule is CCCCCCSC(=O)C1=C(C(=O)O)N2C(=O)C(NC(=O)Cc3cccs3)[C@H]2SC1. The summed E-state index contributed by atoms with van der Waals surface area (Å²) >= 11 is 3.89. The Balaban J connectivity index is 1.63. The van der Waals surface area contributed by atoms with Crippen LogP contribution in [0.25, 0.3) is 0 Å². The zero-order valence-corrected chi connectivity index (χ0v) is 19.0. The molecule has 2 aliphatic heterocycles. The minimum absolute atomic E-state index is 0.168. The number of thiophene rings is 1. The Labute approximate surface area is 187 Å². The van der Waals surface area contributed by atoms with Crippen LogP contribution in [0.1, 0.15) is 37.5 Å². The van der Waals surface area contributed by atoms with E-state index in [1.54, 1.807) is 0 Å². The fourth-order valence-corrected chi connectivity index (χ4v) is 6.36. The summed E-state index contributed by atoms with van der Waals surface area (Å²) in [4.78, 5) is 51.4. The number of carboxylic acids is 1. The van der Waals surface area contributed by atoms with E-state index in [0.29, 0.717) is 5.75 Å². The number of thioether (sulfide) groups is 2. The number of β-lactam (4-membered cyclic amide) rings is 1. The standard InChI is InChI=1S/C20H24N2O5S3/c1-2-3-4-5-8-29-20(27)13-11-30-18-15(17(24)22(18)16(13)19(25)26)21-14(23)10-12-7-6-9-28-12/h6-7,9,15,18H,2-5,8,10-11H2,1H3,(H,21,23)(H,25,26)/t15?,18-/m1/s1. The average Bonchev–Trinajstić information content (AvgIpc) is 3.23. The molecule has 0 aromatic carbocycles. The van der Waals surface area contributed by atoms with Crippen LogP contribution in [0.3, 0.4) is 0 Å². The monoisotopic (exact) mass is 468 g/mol. The number of hydrogen-bond acceptors (Lipinski definition) is 7. The van der Waals surface area contributed by atoms with Crippen molar-refractivity contribution in [2.45, 2.75) is 50.4 Å². The van der Waals surface area contributed by atoms with Gasteiger partial charge in [0, 0.05) is 22.0 Å². The molecule has 7 nitrogen and oxygen atoms in total. The molecular formula is C20H24N2O5S3. The summed E-state index contributed by atoms with van der Waals surface area (Å²) in [5.41, 5.74) is -0.0699. The van der Waals surface area contributed by atoms with Crippen molar-refractivity contribution >= 4 is 57.8 Å². The van der Waals surface area contributed by atoms with Crippen molar-refractivity contribution in [3.05, 3.63) is 33.7 Å². The van der Waals surface area contributed by atoms with Crippen molar-refractivity contribution in [1.29, 1.82) is 0 Å². The van der Waals surface area contributed by atoms with Gasteiger partial charge in [-0.15, -0.1) is 23.1 Å². The molecule has 10 heteroatoms. The van der Waals surface area contributed by atoms with Crippen molar-refractivity contribution in [3.8, 4) is 0 Å². The quantitative estimate of drug-likeness (QED) is 0.402. The maximum atomic E-state index is 12.6. The molecule has 1 aromatic heterocycles. The third kappa shape index (κ3) is 5.09. The summed E-state index contributed by atoms with van der Waals surface area (Å²) in [7, 11) is 0. The number of nitrogens with one attached hydrogen (secondary N) is 1. The minimum atomic E-state index is -1.29. The summed E-state index contributed by atoms with van der Waals surface area (Å²) in [6.45, 7) is 2.11. The lowest BCUT2D eigenvalue weighted by Crippen LogP contribution is -2.70. The maximum Gasteiger partial charge on any atom is 0.353 e. The van der Waals surface area contributed by atoms with Gasteiger partial charge in [0.2, 0.25) is 11.0 Å². The lowest BCUT2D eigenvalue weighted by molar-refractivity contribution is -0.150. The molecule has 30 heavy (non-hydrogen) atoms. The van der Waals surface area contributed by atoms with Gasteiger partial charge in [-0.1, -0.05) is 44.0 Å². The van der Waals surface area contributed by atoms with Gasteiger partial charge in [0.1, 0.15) is 17.1 Å². The fraction of sp³-hybridized carbons (Fsp3) is 0.500. The number of nitrogens with zero attached hydrogens (tertiary/aromatic N) is 1. The molecule has 0 saturated carbocycles. The molecule has 0 aliphatic carbocycles. The number of carboxylic acid groups (broad SMARTS) is 1. The van der Waals surface area contributed by atoms with Crippen LogP contribution in [0, 0.1) is 0 Å². The summed E-state index contributed by atoms with van der Waals surface area (Å²) < 4.78 is 0. The molecule has 0 radical (unpaired) electrons. The first-order valence-electron chi connectivity index (χ1n) is 9.84. The van der Waals surface area contributed by atoms with Gasteiger partial charge in [0.05, 0.1) is 6.42 Å². The van der Waals surface area contributed by atoms with Crippen molar-refractivity contribution in [1.82, 2.24) is 10.2 Å². The molecule has 2 amide bonds. The third-order valence-electron chi connectivity index (χ3n) is 4.88. The first-order chi connectivity index (χ1) is 14.4. The summed E-state index contributed by atoms with van der Waals surface area (Å²) in [5.74, 6) is -1.19. The minimum Gasteiger partial charge on any atom is -0.477 e. The summed E-state index contributed by atoms with van der Waals surface area (Å²) in [6.07, 6.45) is 4.33. The maximum absolute atomic E-state index is 12.6. The molecule has 3 rings (SSSR count). The lowest BCUT2D eigenvalue weighted by Gasteiger charge is -2.49. The molecular weight excluding hydrogens is 444 g/mol. The summed E-state index contributed by atoms with van der Waals surface area (Å²) in [6, 6.07) is 2.93. The van der Waals surface area contributed by atoms with Gasteiger partial charge in [-0.3, -0.25) is 19.3 Å². The normalized spacial score (nSPS) is 20.6. The highest BCUT2D eigenvalue weighted by Gasteiger charge is 2.54. The highest BCUT2D eigenvalue weighted by atomic mass is 32.2. The van der Waals surface area contributed by atoms with Gasteiger partial charge in [0.25, 0.3) is 5.91 Å². The van der Waals surface area contributed by atoms with E-state index in [0.717, 1.165) is 47.2 Å². The molecule has 2 atom stereocenters. The Morgan fingerprint density at radius 1 is 1.30 bits per heavy atom. The van der Waals surface area contributed by atoms with Gasteiger partial charge in [-0.25, -0.2) is 4.79 Å². The zero-order valence-electron chi connectivity index (χ0n) is 16.6. The van der Waals surface area contributed by atoms with Crippen LogP contribution in [0.2, 0.25) is 0 Å². The van der Waals surface area contributed by atoms with Crippen molar-refractivity contribution in [3.63, 3.8) is 0 Å². The van der Waals surface area contributed by atoms with Crippen molar-refractivity contribution < 1.29 is 24.3 Å². The van der Waals surface area contributed by atoms with E-state index < -0.39 is 23.3 Å². The van der Waals surface area contributed by atoms with Gasteiger partial charge in [0.15, 0.2) is 0 Å². The van der Waals surface area contributed by atoms with Crippen LogP contribution in [0.5, 0.6) is 0 Å². The van der Waals surface area contributed by atoms with Crippen molar-refractivity contribution in [2.24, 2.45) is 0 Å². The van der Waals surface area contributed by atoms with E-state index in [4.69, 9.17) is 0 Å². The van der Waals surface area contributed by atoms with E-state index in [-0.39, 0.29) is 34.5 Å². The second-order valence-corrected chi connectivity index (χ2v) is 10.2. The number of carbonyl (C=O) groups is 4.